The van der Waals surface area contributed by atoms with Gasteiger partial charge in [-0.1, -0.05) is 37.6 Å². The first-order valence-corrected chi connectivity index (χ1v) is 7.43. The van der Waals surface area contributed by atoms with Gasteiger partial charge in [-0.15, -0.1) is 11.3 Å². The molecule has 0 bridgehead atoms. The molecular weight excluding hydrogens is 238 g/mol. The summed E-state index contributed by atoms with van der Waals surface area (Å²) in [4.78, 5) is 2.79. The average molecular weight is 259 g/mol. The van der Waals surface area contributed by atoms with Crippen LogP contribution in [-0.4, -0.2) is 7.05 Å². The molecular formula is C16H21NS. The van der Waals surface area contributed by atoms with Crippen molar-refractivity contribution in [1.82, 2.24) is 5.32 Å². The van der Waals surface area contributed by atoms with E-state index in [9.17, 15) is 0 Å². The minimum Gasteiger partial charge on any atom is -0.313 e. The summed E-state index contributed by atoms with van der Waals surface area (Å²) in [5.41, 5.74) is 2.87. The molecule has 1 nitrogen and oxygen atoms in total. The first-order valence-electron chi connectivity index (χ1n) is 6.61. The van der Waals surface area contributed by atoms with Crippen molar-refractivity contribution in [3.63, 3.8) is 0 Å². The Morgan fingerprint density at radius 3 is 2.67 bits per heavy atom. The fourth-order valence-electron chi connectivity index (χ4n) is 2.12. The van der Waals surface area contributed by atoms with E-state index >= 15 is 0 Å². The van der Waals surface area contributed by atoms with Crippen molar-refractivity contribution in [2.45, 2.75) is 32.7 Å². The summed E-state index contributed by atoms with van der Waals surface area (Å²) >= 11 is 1.90. The van der Waals surface area contributed by atoms with E-state index in [0.717, 1.165) is 6.42 Å². The number of thiophene rings is 1. The van der Waals surface area contributed by atoms with E-state index in [4.69, 9.17) is 0 Å². The Balaban J connectivity index is 2.33. The molecule has 0 amide bonds. The molecule has 1 N–H and O–H groups in total. The van der Waals surface area contributed by atoms with Gasteiger partial charge in [0.25, 0.3) is 0 Å². The van der Waals surface area contributed by atoms with Crippen LogP contribution >= 0.6 is 11.3 Å². The Morgan fingerprint density at radius 2 is 1.94 bits per heavy atom. The smallest absolute Gasteiger partial charge is 0.0383 e. The molecule has 1 atom stereocenters. The number of hydrogen-bond donors (Lipinski definition) is 1. The maximum Gasteiger partial charge on any atom is 0.0383 e. The number of hydrogen-bond acceptors (Lipinski definition) is 2. The Labute approximate surface area is 114 Å². The van der Waals surface area contributed by atoms with Crippen LogP contribution in [0.3, 0.4) is 0 Å². The van der Waals surface area contributed by atoms with Gasteiger partial charge in [0, 0.05) is 15.8 Å². The van der Waals surface area contributed by atoms with Gasteiger partial charge in [-0.2, -0.15) is 0 Å². The standard InChI is InChI=1S/C16H21NS/c1-4-7-13-8-5-6-9-14(13)16-11-10-15(18-16)12(2)17-3/h5-6,8-12,17H,4,7H2,1-3H3. The molecule has 1 aromatic carbocycles. The molecule has 0 saturated heterocycles. The Kier molecular flexibility index (Phi) is 4.56. The summed E-state index contributed by atoms with van der Waals surface area (Å²) in [6.45, 7) is 4.44. The van der Waals surface area contributed by atoms with Gasteiger partial charge in [0.1, 0.15) is 0 Å². The van der Waals surface area contributed by atoms with Crippen molar-refractivity contribution in [2.75, 3.05) is 7.05 Å². The molecule has 18 heavy (non-hydrogen) atoms. The lowest BCUT2D eigenvalue weighted by molar-refractivity contribution is 0.664. The molecule has 96 valence electrons. The van der Waals surface area contributed by atoms with E-state index < -0.39 is 0 Å². The monoisotopic (exact) mass is 259 g/mol. The van der Waals surface area contributed by atoms with E-state index in [-0.39, 0.29) is 0 Å². The van der Waals surface area contributed by atoms with Crippen LogP contribution in [0.4, 0.5) is 0 Å². The highest BCUT2D eigenvalue weighted by molar-refractivity contribution is 7.15. The number of aryl methyl sites for hydroxylation is 1. The minimum atomic E-state index is 0.432. The minimum absolute atomic E-state index is 0.432. The first-order chi connectivity index (χ1) is 8.76. The Hall–Kier alpha value is -1.12. The van der Waals surface area contributed by atoms with Crippen LogP contribution < -0.4 is 5.32 Å². The van der Waals surface area contributed by atoms with Gasteiger partial charge in [-0.3, -0.25) is 0 Å². The molecule has 1 heterocycles. The first kappa shape index (κ1) is 13.3. The Morgan fingerprint density at radius 1 is 1.17 bits per heavy atom. The fraction of sp³-hybridized carbons (Fsp3) is 0.375. The highest BCUT2D eigenvalue weighted by Gasteiger charge is 2.10. The quantitative estimate of drug-likeness (QED) is 0.824. The molecule has 0 fully saturated rings. The normalized spacial score (nSPS) is 12.6. The maximum absolute atomic E-state index is 3.30. The summed E-state index contributed by atoms with van der Waals surface area (Å²) < 4.78 is 0. The second-order valence-electron chi connectivity index (χ2n) is 4.62. The largest absolute Gasteiger partial charge is 0.313 e. The molecule has 2 aromatic rings. The summed E-state index contributed by atoms with van der Waals surface area (Å²) in [5.74, 6) is 0. The molecule has 0 aliphatic carbocycles. The number of rotatable bonds is 5. The molecule has 0 saturated carbocycles. The maximum atomic E-state index is 3.30. The van der Waals surface area contributed by atoms with Crippen molar-refractivity contribution in [1.29, 1.82) is 0 Å². The van der Waals surface area contributed by atoms with Crippen LogP contribution in [0.1, 0.15) is 36.8 Å². The van der Waals surface area contributed by atoms with Crippen LogP contribution in [0, 0.1) is 0 Å². The molecule has 2 rings (SSSR count). The fourth-order valence-corrected chi connectivity index (χ4v) is 3.25. The van der Waals surface area contributed by atoms with Gasteiger partial charge < -0.3 is 5.32 Å². The van der Waals surface area contributed by atoms with Crippen molar-refractivity contribution >= 4 is 11.3 Å². The molecule has 0 aliphatic rings. The topological polar surface area (TPSA) is 12.0 Å². The third-order valence-electron chi connectivity index (χ3n) is 3.29. The van der Waals surface area contributed by atoms with E-state index in [1.807, 2.05) is 18.4 Å². The molecule has 2 heteroatoms. The van der Waals surface area contributed by atoms with Crippen LogP contribution in [0.15, 0.2) is 36.4 Å². The summed E-state index contributed by atoms with van der Waals surface area (Å²) in [5, 5.41) is 3.30. The third-order valence-corrected chi connectivity index (χ3v) is 4.59. The van der Waals surface area contributed by atoms with Gasteiger partial charge >= 0.3 is 0 Å². The van der Waals surface area contributed by atoms with E-state index in [2.05, 4.69) is 55.6 Å². The molecule has 0 spiro atoms. The summed E-state index contributed by atoms with van der Waals surface area (Å²) in [7, 11) is 2.01. The molecule has 0 aliphatic heterocycles. The van der Waals surface area contributed by atoms with Gasteiger partial charge in [0.05, 0.1) is 0 Å². The lowest BCUT2D eigenvalue weighted by Gasteiger charge is -2.08. The van der Waals surface area contributed by atoms with Crippen molar-refractivity contribution in [2.24, 2.45) is 0 Å². The zero-order chi connectivity index (χ0) is 13.0. The lowest BCUT2D eigenvalue weighted by atomic mass is 10.0. The zero-order valence-electron chi connectivity index (χ0n) is 11.4. The molecule has 0 radical (unpaired) electrons. The van der Waals surface area contributed by atoms with Crippen LogP contribution in [0.2, 0.25) is 0 Å². The summed E-state index contributed by atoms with van der Waals surface area (Å²) in [6.07, 6.45) is 2.35. The second kappa shape index (κ2) is 6.17. The molecule has 1 unspecified atom stereocenters. The predicted octanol–water partition coefficient (Wildman–Crippen LogP) is 4.65. The third kappa shape index (κ3) is 2.82. The van der Waals surface area contributed by atoms with Crippen molar-refractivity contribution in [3.05, 3.63) is 46.8 Å². The van der Waals surface area contributed by atoms with Crippen molar-refractivity contribution in [3.8, 4) is 10.4 Å². The average Bonchev–Trinajstić information content (AvgIpc) is 2.88. The lowest BCUT2D eigenvalue weighted by Crippen LogP contribution is -2.10. The molecule has 1 aromatic heterocycles. The van der Waals surface area contributed by atoms with E-state index in [1.54, 1.807) is 0 Å². The van der Waals surface area contributed by atoms with Gasteiger partial charge in [-0.25, -0.2) is 0 Å². The zero-order valence-corrected chi connectivity index (χ0v) is 12.2. The highest BCUT2D eigenvalue weighted by Crippen LogP contribution is 2.33. The van der Waals surface area contributed by atoms with Crippen LogP contribution in [0.25, 0.3) is 10.4 Å². The second-order valence-corrected chi connectivity index (χ2v) is 5.73. The van der Waals surface area contributed by atoms with Gasteiger partial charge in [0.2, 0.25) is 0 Å². The van der Waals surface area contributed by atoms with Crippen molar-refractivity contribution < 1.29 is 0 Å². The van der Waals surface area contributed by atoms with Crippen LogP contribution in [0.5, 0.6) is 0 Å². The van der Waals surface area contributed by atoms with Crippen LogP contribution in [-0.2, 0) is 6.42 Å². The predicted molar refractivity (Wildman–Crippen MR) is 81.2 cm³/mol. The highest BCUT2D eigenvalue weighted by atomic mass is 32.1. The van der Waals surface area contributed by atoms with E-state index in [0.29, 0.717) is 6.04 Å². The number of benzene rings is 1. The van der Waals surface area contributed by atoms with Gasteiger partial charge in [-0.05, 0) is 43.7 Å². The van der Waals surface area contributed by atoms with Gasteiger partial charge in [0.15, 0.2) is 0 Å². The number of nitrogens with one attached hydrogen (secondary N) is 1. The summed E-state index contributed by atoms with van der Waals surface area (Å²) in [6, 6.07) is 13.7. The SMILES string of the molecule is CCCc1ccccc1-c1ccc(C(C)NC)s1. The Bertz CT molecular complexity index is 501. The van der Waals surface area contributed by atoms with E-state index in [1.165, 1.54) is 27.3 Å².